The molecule has 0 radical (unpaired) electrons. The lowest BCUT2D eigenvalue weighted by molar-refractivity contribution is -0.514. The molecule has 1 aromatic heterocycles. The van der Waals surface area contributed by atoms with Gasteiger partial charge in [-0.15, -0.1) is 3.97 Å². The molecule has 0 bridgehead atoms. The molecule has 9 heteroatoms. The number of alkyl halides is 1. The van der Waals surface area contributed by atoms with Gasteiger partial charge in [0.2, 0.25) is 5.91 Å². The maximum absolute atomic E-state index is 12.2. The number of nitrogens with zero attached hydrogens (tertiary/aromatic N) is 3. The first-order chi connectivity index (χ1) is 14.8. The van der Waals surface area contributed by atoms with Crippen LogP contribution < -0.4 is 9.29 Å². The third-order valence-corrected chi connectivity index (χ3v) is 7.31. The quantitative estimate of drug-likeness (QED) is 0.233. The molecule has 0 fully saturated rings. The number of nitrogens with one attached hydrogen (secondary N) is 1. The van der Waals surface area contributed by atoms with Gasteiger partial charge >= 0.3 is 10.2 Å². The van der Waals surface area contributed by atoms with Crippen LogP contribution in [0.3, 0.4) is 0 Å². The molecule has 7 nitrogen and oxygen atoms in total. The van der Waals surface area contributed by atoms with E-state index < -0.39 is 10.2 Å². The minimum atomic E-state index is -3.54. The number of unbranched alkanes of at least 4 members (excludes halogenated alkanes) is 7. The van der Waals surface area contributed by atoms with Crippen LogP contribution in [-0.2, 0) is 15.0 Å². The molecule has 0 unspecified atom stereocenters. The van der Waals surface area contributed by atoms with E-state index in [1.165, 1.54) is 65.1 Å². The molecule has 1 heterocycles. The van der Waals surface area contributed by atoms with Crippen molar-refractivity contribution in [2.75, 3.05) is 24.7 Å². The highest BCUT2D eigenvalue weighted by molar-refractivity contribution is 9.09. The van der Waals surface area contributed by atoms with Crippen molar-refractivity contribution in [3.8, 4) is 5.69 Å². The van der Waals surface area contributed by atoms with Crippen LogP contribution in [0.5, 0.6) is 0 Å². The van der Waals surface area contributed by atoms with Crippen molar-refractivity contribution in [2.24, 2.45) is 0 Å². The van der Waals surface area contributed by atoms with E-state index in [0.29, 0.717) is 6.42 Å². The number of hydrogen-bond acceptors (Lipinski definition) is 3. The first kappa shape index (κ1) is 25.5. The molecule has 0 saturated heterocycles. The van der Waals surface area contributed by atoms with Gasteiger partial charge in [0.25, 0.3) is 6.33 Å². The van der Waals surface area contributed by atoms with Crippen molar-refractivity contribution in [3.05, 3.63) is 43.0 Å². The molecule has 2 rings (SSSR count). The third-order valence-electron chi connectivity index (χ3n) is 5.08. The highest BCUT2D eigenvalue weighted by Gasteiger charge is 2.23. The summed E-state index contributed by atoms with van der Waals surface area (Å²) in [7, 11) is -0.557. The second-order valence-corrected chi connectivity index (χ2v) is 10.6. The molecule has 1 N–H and O–H groups in total. The average molecular weight is 515 g/mol. The molecule has 1 amide bonds. The molecule has 0 aliphatic carbocycles. The van der Waals surface area contributed by atoms with E-state index in [9.17, 15) is 13.2 Å². The van der Waals surface area contributed by atoms with Gasteiger partial charge in [-0.1, -0.05) is 54.5 Å². The summed E-state index contributed by atoms with van der Waals surface area (Å²) in [5.74, 6) is 0.0287. The van der Waals surface area contributed by atoms with Gasteiger partial charge < -0.3 is 5.32 Å². The van der Waals surface area contributed by atoms with Crippen LogP contribution in [-0.4, -0.2) is 42.6 Å². The normalized spacial score (nSPS) is 11.7. The summed E-state index contributed by atoms with van der Waals surface area (Å²) in [5, 5.41) is 4.03. The zero-order chi connectivity index (χ0) is 22.7. The summed E-state index contributed by atoms with van der Waals surface area (Å²) in [6.45, 7) is 0. The number of amides is 1. The Bertz CT molecular complexity index is 911. The second-order valence-electron chi connectivity index (χ2n) is 7.80. The highest BCUT2D eigenvalue weighted by atomic mass is 79.9. The molecule has 31 heavy (non-hydrogen) atoms. The number of anilines is 1. The molecular weight excluding hydrogens is 480 g/mol. The van der Waals surface area contributed by atoms with Crippen LogP contribution in [0.2, 0.25) is 0 Å². The monoisotopic (exact) mass is 513 g/mol. The van der Waals surface area contributed by atoms with E-state index in [1.54, 1.807) is 10.8 Å². The predicted molar refractivity (Wildman–Crippen MR) is 128 cm³/mol. The second kappa shape index (κ2) is 13.0. The summed E-state index contributed by atoms with van der Waals surface area (Å²) in [6, 6.07) is 7.34. The van der Waals surface area contributed by atoms with E-state index >= 15 is 0 Å². The van der Waals surface area contributed by atoms with Crippen LogP contribution in [0.1, 0.15) is 57.8 Å². The molecule has 0 aliphatic heterocycles. The van der Waals surface area contributed by atoms with Gasteiger partial charge in [-0.05, 0) is 37.1 Å². The van der Waals surface area contributed by atoms with Gasteiger partial charge in [-0.25, -0.2) is 4.57 Å². The summed E-state index contributed by atoms with van der Waals surface area (Å²) in [5.41, 5.74) is 1.54. The Balaban J connectivity index is 1.74. The SMILES string of the molecule is CN(C)S(=O)(=O)[n+]1ccn(-c2ccc(NC(=O)CCCCCCCCCCBr)cc2)c1. The van der Waals surface area contributed by atoms with Gasteiger partial charge in [-0.3, -0.25) is 4.79 Å². The van der Waals surface area contributed by atoms with Gasteiger partial charge in [0.15, 0.2) is 0 Å². The van der Waals surface area contributed by atoms with Crippen LogP contribution in [0, 0.1) is 0 Å². The summed E-state index contributed by atoms with van der Waals surface area (Å²) < 4.78 is 28.4. The largest absolute Gasteiger partial charge is 0.379 e. The molecule has 0 saturated carbocycles. The fraction of sp³-hybridized carbons (Fsp3) is 0.545. The maximum atomic E-state index is 12.2. The molecular formula is C22H34BrN4O3S+. The number of carbonyl (C=O) groups is 1. The van der Waals surface area contributed by atoms with Crippen LogP contribution in [0.25, 0.3) is 5.69 Å². The Morgan fingerprint density at radius 2 is 1.58 bits per heavy atom. The molecule has 2 aromatic rings. The first-order valence-electron chi connectivity index (χ1n) is 10.8. The number of aromatic nitrogens is 2. The van der Waals surface area contributed by atoms with E-state index in [1.807, 2.05) is 24.3 Å². The van der Waals surface area contributed by atoms with Crippen LogP contribution in [0.15, 0.2) is 43.0 Å². The molecule has 0 atom stereocenters. The number of carbonyl (C=O) groups excluding carboxylic acids is 1. The van der Waals surface area contributed by atoms with Crippen LogP contribution >= 0.6 is 15.9 Å². The fourth-order valence-corrected chi connectivity index (χ4v) is 4.40. The van der Waals surface area contributed by atoms with Crippen LogP contribution in [0.4, 0.5) is 5.69 Å². The smallest absolute Gasteiger partial charge is 0.326 e. The standard InChI is InChI=1S/C22H33BrN4O3S/c1-25(2)31(29,30)27-18-17-26(19-27)21-14-12-20(13-15-21)24-22(28)11-9-7-5-3-4-6-8-10-16-23/h12-15,17-19H,3-11,16H2,1-2H3/p+1. The summed E-state index contributed by atoms with van der Waals surface area (Å²) in [6.07, 6.45) is 14.8. The fourth-order valence-electron chi connectivity index (χ4n) is 3.20. The average Bonchev–Trinajstić information content (AvgIpc) is 3.24. The molecule has 172 valence electrons. The summed E-state index contributed by atoms with van der Waals surface area (Å²) in [4.78, 5) is 12.2. The topological polar surface area (TPSA) is 75.3 Å². The number of rotatable bonds is 14. The zero-order valence-corrected chi connectivity index (χ0v) is 20.9. The van der Waals surface area contributed by atoms with Crippen molar-refractivity contribution < 1.29 is 17.2 Å². The highest BCUT2D eigenvalue weighted by Crippen LogP contribution is 2.15. The van der Waals surface area contributed by atoms with Gasteiger partial charge in [-0.2, -0.15) is 12.7 Å². The van der Waals surface area contributed by atoms with Crippen molar-refractivity contribution in [1.82, 2.24) is 8.87 Å². The van der Waals surface area contributed by atoms with Gasteiger partial charge in [0, 0.05) is 31.5 Å². The number of imidazole rings is 1. The van der Waals surface area contributed by atoms with Crippen molar-refractivity contribution in [2.45, 2.75) is 57.8 Å². The van der Waals surface area contributed by atoms with E-state index in [0.717, 1.165) is 37.8 Å². The lowest BCUT2D eigenvalue weighted by atomic mass is 10.1. The molecule has 0 aliphatic rings. The predicted octanol–water partition coefficient (Wildman–Crippen LogP) is 4.26. The molecule has 0 spiro atoms. The Morgan fingerprint density at radius 1 is 1.00 bits per heavy atom. The Labute approximate surface area is 194 Å². The zero-order valence-electron chi connectivity index (χ0n) is 18.5. The van der Waals surface area contributed by atoms with Gasteiger partial charge in [0.05, 0.1) is 0 Å². The number of hydrogen-bond donors (Lipinski definition) is 1. The Hall–Kier alpha value is -1.71. The van der Waals surface area contributed by atoms with Crippen molar-refractivity contribution >= 4 is 37.7 Å². The number of halogens is 1. The van der Waals surface area contributed by atoms with E-state index in [-0.39, 0.29) is 5.91 Å². The van der Waals surface area contributed by atoms with E-state index in [4.69, 9.17) is 0 Å². The minimum absolute atomic E-state index is 0.0287. The Morgan fingerprint density at radius 3 is 2.16 bits per heavy atom. The number of benzene rings is 1. The Kier molecular flexibility index (Phi) is 10.7. The van der Waals surface area contributed by atoms with Gasteiger partial charge in [0.1, 0.15) is 18.1 Å². The minimum Gasteiger partial charge on any atom is -0.326 e. The maximum Gasteiger partial charge on any atom is 0.379 e. The first-order valence-corrected chi connectivity index (χ1v) is 13.3. The lowest BCUT2D eigenvalue weighted by Gasteiger charge is -2.06. The van der Waals surface area contributed by atoms with Crippen molar-refractivity contribution in [1.29, 1.82) is 0 Å². The van der Waals surface area contributed by atoms with Crippen molar-refractivity contribution in [3.63, 3.8) is 0 Å². The van der Waals surface area contributed by atoms with E-state index in [2.05, 4.69) is 21.2 Å². The lowest BCUT2D eigenvalue weighted by Crippen LogP contribution is -2.48. The third kappa shape index (κ3) is 8.38. The summed E-state index contributed by atoms with van der Waals surface area (Å²) >= 11 is 3.45. The molecule has 1 aromatic carbocycles.